The lowest BCUT2D eigenvalue weighted by molar-refractivity contribution is 0.243. The summed E-state index contributed by atoms with van der Waals surface area (Å²) in [6.45, 7) is 12.1. The molecular formula is C17H30N2. The molecule has 1 rings (SSSR count). The van der Waals surface area contributed by atoms with Crippen molar-refractivity contribution in [3.05, 3.63) is 35.4 Å². The Morgan fingerprint density at radius 1 is 1.11 bits per heavy atom. The topological polar surface area (TPSA) is 15.3 Å². The lowest BCUT2D eigenvalue weighted by Gasteiger charge is -2.24. The molecule has 1 atom stereocenters. The van der Waals surface area contributed by atoms with Gasteiger partial charge in [0.25, 0.3) is 0 Å². The van der Waals surface area contributed by atoms with Gasteiger partial charge in [0.1, 0.15) is 0 Å². The van der Waals surface area contributed by atoms with Crippen molar-refractivity contribution < 1.29 is 0 Å². The molecule has 1 unspecified atom stereocenters. The van der Waals surface area contributed by atoms with Gasteiger partial charge in [-0.1, -0.05) is 45.0 Å². The molecule has 1 aromatic rings. The summed E-state index contributed by atoms with van der Waals surface area (Å²) in [5.41, 5.74) is 2.87. The molecule has 0 aliphatic carbocycles. The van der Waals surface area contributed by atoms with Crippen molar-refractivity contribution in [3.8, 4) is 0 Å². The first-order valence-corrected chi connectivity index (χ1v) is 7.52. The molecule has 1 aromatic carbocycles. The Hall–Kier alpha value is -0.860. The molecule has 0 saturated carbocycles. The largest absolute Gasteiger partial charge is 0.312 e. The molecule has 0 spiro atoms. The van der Waals surface area contributed by atoms with Crippen molar-refractivity contribution in [2.45, 2.75) is 53.2 Å². The SMILES string of the molecule is CCC(C)N(C)Cc1ccccc1CNCC(C)C. The van der Waals surface area contributed by atoms with Crippen molar-refractivity contribution >= 4 is 0 Å². The molecule has 2 nitrogen and oxygen atoms in total. The van der Waals surface area contributed by atoms with Crippen LogP contribution in [0.25, 0.3) is 0 Å². The number of hydrogen-bond donors (Lipinski definition) is 1. The summed E-state index contributed by atoms with van der Waals surface area (Å²) in [5, 5.41) is 3.54. The molecule has 1 N–H and O–H groups in total. The highest BCUT2D eigenvalue weighted by Crippen LogP contribution is 2.13. The maximum atomic E-state index is 3.54. The Bertz CT molecular complexity index is 360. The van der Waals surface area contributed by atoms with Crippen LogP contribution in [-0.2, 0) is 13.1 Å². The lowest BCUT2D eigenvalue weighted by atomic mass is 10.1. The van der Waals surface area contributed by atoms with Gasteiger partial charge in [0.05, 0.1) is 0 Å². The summed E-state index contributed by atoms with van der Waals surface area (Å²) in [6.07, 6.45) is 1.20. The monoisotopic (exact) mass is 262 g/mol. The lowest BCUT2D eigenvalue weighted by Crippen LogP contribution is -2.28. The average molecular weight is 262 g/mol. The first-order chi connectivity index (χ1) is 9.04. The average Bonchev–Trinajstić information content (AvgIpc) is 2.39. The predicted octanol–water partition coefficient (Wildman–Crippen LogP) is 3.66. The van der Waals surface area contributed by atoms with E-state index in [2.05, 4.69) is 69.2 Å². The maximum absolute atomic E-state index is 3.54. The van der Waals surface area contributed by atoms with Crippen molar-refractivity contribution in [2.24, 2.45) is 5.92 Å². The Morgan fingerprint density at radius 2 is 1.74 bits per heavy atom. The maximum Gasteiger partial charge on any atom is 0.0236 e. The third-order valence-electron chi connectivity index (χ3n) is 3.75. The van der Waals surface area contributed by atoms with E-state index >= 15 is 0 Å². The predicted molar refractivity (Wildman–Crippen MR) is 84.2 cm³/mol. The fraction of sp³-hybridized carbons (Fsp3) is 0.647. The summed E-state index contributed by atoms with van der Waals surface area (Å²) in [4.78, 5) is 2.43. The Labute approximate surface area is 119 Å². The second-order valence-corrected chi connectivity index (χ2v) is 5.97. The van der Waals surface area contributed by atoms with E-state index in [0.29, 0.717) is 12.0 Å². The van der Waals surface area contributed by atoms with Crippen molar-refractivity contribution in [2.75, 3.05) is 13.6 Å². The fourth-order valence-electron chi connectivity index (χ4n) is 2.12. The highest BCUT2D eigenvalue weighted by atomic mass is 15.1. The molecule has 0 aliphatic heterocycles. The Balaban J connectivity index is 2.62. The van der Waals surface area contributed by atoms with Gasteiger partial charge in [0, 0.05) is 19.1 Å². The van der Waals surface area contributed by atoms with E-state index in [-0.39, 0.29) is 0 Å². The molecule has 0 radical (unpaired) electrons. The molecule has 19 heavy (non-hydrogen) atoms. The van der Waals surface area contributed by atoms with Crippen LogP contribution >= 0.6 is 0 Å². The number of nitrogens with one attached hydrogen (secondary N) is 1. The third kappa shape index (κ3) is 5.75. The van der Waals surface area contributed by atoms with E-state index < -0.39 is 0 Å². The quantitative estimate of drug-likeness (QED) is 0.769. The van der Waals surface area contributed by atoms with Gasteiger partial charge in [-0.05, 0) is 44.0 Å². The summed E-state index contributed by atoms with van der Waals surface area (Å²) >= 11 is 0. The van der Waals surface area contributed by atoms with Crippen LogP contribution in [0.3, 0.4) is 0 Å². The number of nitrogens with zero attached hydrogens (tertiary/aromatic N) is 1. The van der Waals surface area contributed by atoms with Crippen LogP contribution in [0.15, 0.2) is 24.3 Å². The molecule has 2 heteroatoms. The van der Waals surface area contributed by atoms with E-state index in [9.17, 15) is 0 Å². The summed E-state index contributed by atoms with van der Waals surface area (Å²) < 4.78 is 0. The van der Waals surface area contributed by atoms with Crippen LogP contribution in [0.1, 0.15) is 45.2 Å². The zero-order chi connectivity index (χ0) is 14.3. The highest BCUT2D eigenvalue weighted by Gasteiger charge is 2.09. The van der Waals surface area contributed by atoms with Gasteiger partial charge in [-0.3, -0.25) is 4.90 Å². The van der Waals surface area contributed by atoms with E-state index in [1.54, 1.807) is 0 Å². The van der Waals surface area contributed by atoms with Crippen molar-refractivity contribution in [1.82, 2.24) is 10.2 Å². The van der Waals surface area contributed by atoms with Gasteiger partial charge in [-0.2, -0.15) is 0 Å². The zero-order valence-electron chi connectivity index (χ0n) is 13.2. The van der Waals surface area contributed by atoms with Crippen LogP contribution in [0, 0.1) is 5.92 Å². The van der Waals surface area contributed by atoms with E-state index in [1.165, 1.54) is 17.5 Å². The number of hydrogen-bond acceptors (Lipinski definition) is 2. The van der Waals surface area contributed by atoms with E-state index in [1.807, 2.05) is 0 Å². The third-order valence-corrected chi connectivity index (χ3v) is 3.75. The normalized spacial score (nSPS) is 13.2. The van der Waals surface area contributed by atoms with Gasteiger partial charge < -0.3 is 5.32 Å². The van der Waals surface area contributed by atoms with Gasteiger partial charge in [0.2, 0.25) is 0 Å². The smallest absolute Gasteiger partial charge is 0.0236 e. The van der Waals surface area contributed by atoms with Crippen LogP contribution in [0.5, 0.6) is 0 Å². The minimum atomic E-state index is 0.636. The number of rotatable bonds is 8. The molecule has 0 heterocycles. The van der Waals surface area contributed by atoms with Crippen LogP contribution in [0.4, 0.5) is 0 Å². The van der Waals surface area contributed by atoms with Crippen molar-refractivity contribution in [3.63, 3.8) is 0 Å². The van der Waals surface area contributed by atoms with E-state index in [4.69, 9.17) is 0 Å². The molecule has 0 aliphatic rings. The Kier molecular flexibility index (Phi) is 7.11. The molecule has 0 bridgehead atoms. The fourth-order valence-corrected chi connectivity index (χ4v) is 2.12. The standard InChI is InChI=1S/C17H30N2/c1-6-15(4)19(5)13-17-10-8-7-9-16(17)12-18-11-14(2)3/h7-10,14-15,18H,6,11-13H2,1-5H3. The van der Waals surface area contributed by atoms with Crippen LogP contribution < -0.4 is 5.32 Å². The zero-order valence-corrected chi connectivity index (χ0v) is 13.2. The van der Waals surface area contributed by atoms with E-state index in [0.717, 1.165) is 19.6 Å². The highest BCUT2D eigenvalue weighted by molar-refractivity contribution is 5.27. The summed E-state index contributed by atoms with van der Waals surface area (Å²) in [6, 6.07) is 9.42. The first-order valence-electron chi connectivity index (χ1n) is 7.52. The summed E-state index contributed by atoms with van der Waals surface area (Å²) in [5.74, 6) is 0.704. The molecule has 0 saturated heterocycles. The minimum absolute atomic E-state index is 0.636. The van der Waals surface area contributed by atoms with Crippen LogP contribution in [0.2, 0.25) is 0 Å². The van der Waals surface area contributed by atoms with Gasteiger partial charge in [-0.25, -0.2) is 0 Å². The molecule has 0 fully saturated rings. The molecular weight excluding hydrogens is 232 g/mol. The second kappa shape index (κ2) is 8.34. The molecule has 0 aromatic heterocycles. The second-order valence-electron chi connectivity index (χ2n) is 5.97. The minimum Gasteiger partial charge on any atom is -0.312 e. The summed E-state index contributed by atoms with van der Waals surface area (Å²) in [7, 11) is 2.21. The van der Waals surface area contributed by atoms with Crippen LogP contribution in [-0.4, -0.2) is 24.5 Å². The Morgan fingerprint density at radius 3 is 2.32 bits per heavy atom. The number of benzene rings is 1. The van der Waals surface area contributed by atoms with Gasteiger partial charge >= 0.3 is 0 Å². The first kappa shape index (κ1) is 16.2. The molecule has 108 valence electrons. The van der Waals surface area contributed by atoms with Crippen molar-refractivity contribution in [1.29, 1.82) is 0 Å². The molecule has 0 amide bonds. The van der Waals surface area contributed by atoms with Gasteiger partial charge in [-0.15, -0.1) is 0 Å². The van der Waals surface area contributed by atoms with Gasteiger partial charge in [0.15, 0.2) is 0 Å².